The van der Waals surface area contributed by atoms with E-state index < -0.39 is 6.04 Å². The fourth-order valence-electron chi connectivity index (χ4n) is 3.83. The molecule has 0 saturated carbocycles. The quantitative estimate of drug-likeness (QED) is 0.627. The number of nitriles is 1. The van der Waals surface area contributed by atoms with Gasteiger partial charge in [-0.05, 0) is 37.3 Å². The minimum absolute atomic E-state index is 0.0354. The van der Waals surface area contributed by atoms with E-state index in [1.165, 1.54) is 0 Å². The number of benzene rings is 1. The van der Waals surface area contributed by atoms with E-state index in [1.807, 2.05) is 30.0 Å². The van der Waals surface area contributed by atoms with Crippen LogP contribution >= 0.6 is 0 Å². The monoisotopic (exact) mass is 399 g/mol. The predicted molar refractivity (Wildman–Crippen MR) is 112 cm³/mol. The summed E-state index contributed by atoms with van der Waals surface area (Å²) in [5.74, 6) is -0.363. The van der Waals surface area contributed by atoms with Crippen molar-refractivity contribution in [2.75, 3.05) is 19.6 Å². The van der Waals surface area contributed by atoms with Crippen LogP contribution in [0.4, 0.5) is 0 Å². The maximum absolute atomic E-state index is 13.1. The second kappa shape index (κ2) is 8.39. The van der Waals surface area contributed by atoms with Crippen molar-refractivity contribution in [1.82, 2.24) is 19.8 Å². The molecule has 1 amide bonds. The number of amides is 1. The zero-order valence-corrected chi connectivity index (χ0v) is 16.6. The molecule has 2 atom stereocenters. The van der Waals surface area contributed by atoms with Gasteiger partial charge in [0.2, 0.25) is 5.78 Å². The van der Waals surface area contributed by atoms with Gasteiger partial charge in [0.25, 0.3) is 5.91 Å². The molecule has 1 aliphatic rings. The number of ketones is 1. The van der Waals surface area contributed by atoms with Crippen molar-refractivity contribution >= 4 is 22.6 Å². The molecule has 0 aliphatic carbocycles. The van der Waals surface area contributed by atoms with Crippen molar-refractivity contribution in [2.24, 2.45) is 0 Å². The number of hydrogen-bond donors (Lipinski definition) is 0. The SMILES string of the molecule is C[C@H]1CN(C(=O)c2ccccc2)CCN1C(C#N)C(=O)c1ccc2cnccc2n1. The molecule has 30 heavy (non-hydrogen) atoms. The van der Waals surface area contributed by atoms with Gasteiger partial charge >= 0.3 is 0 Å². The smallest absolute Gasteiger partial charge is 0.253 e. The third-order valence-corrected chi connectivity index (χ3v) is 5.43. The maximum Gasteiger partial charge on any atom is 0.253 e. The lowest BCUT2D eigenvalue weighted by molar-refractivity contribution is 0.0428. The number of carbonyl (C=O) groups excluding carboxylic acids is 2. The lowest BCUT2D eigenvalue weighted by Gasteiger charge is -2.41. The lowest BCUT2D eigenvalue weighted by Crippen LogP contribution is -2.58. The van der Waals surface area contributed by atoms with Crippen molar-refractivity contribution in [1.29, 1.82) is 5.26 Å². The molecule has 0 radical (unpaired) electrons. The highest BCUT2D eigenvalue weighted by molar-refractivity contribution is 6.01. The third kappa shape index (κ3) is 3.78. The van der Waals surface area contributed by atoms with Gasteiger partial charge in [-0.1, -0.05) is 18.2 Å². The number of aromatic nitrogens is 2. The van der Waals surface area contributed by atoms with Crippen LogP contribution in [0.2, 0.25) is 0 Å². The number of nitrogens with zero attached hydrogens (tertiary/aromatic N) is 5. The minimum Gasteiger partial charge on any atom is -0.336 e. The molecule has 0 N–H and O–H groups in total. The van der Waals surface area contributed by atoms with Crippen molar-refractivity contribution in [3.63, 3.8) is 0 Å². The van der Waals surface area contributed by atoms with Gasteiger partial charge in [0.05, 0.1) is 11.6 Å². The standard InChI is InChI=1S/C23H21N5O2/c1-16-15-27(23(30)17-5-3-2-4-6-17)11-12-28(16)21(13-24)22(29)20-8-7-18-14-25-10-9-19(18)26-20/h2-10,14,16,21H,11-12,15H2,1H3/t16-,21?/m0/s1. The van der Waals surface area contributed by atoms with Crippen LogP contribution in [0, 0.1) is 11.3 Å². The zero-order valence-electron chi connectivity index (χ0n) is 16.6. The Morgan fingerprint density at radius 1 is 1.13 bits per heavy atom. The maximum atomic E-state index is 13.1. The van der Waals surface area contributed by atoms with Gasteiger partial charge in [0, 0.05) is 49.0 Å². The molecule has 2 aromatic heterocycles. The summed E-state index contributed by atoms with van der Waals surface area (Å²) in [6.45, 7) is 3.29. The largest absolute Gasteiger partial charge is 0.336 e. The second-order valence-electron chi connectivity index (χ2n) is 7.36. The Morgan fingerprint density at radius 3 is 2.67 bits per heavy atom. The first kappa shape index (κ1) is 19.7. The molecule has 7 nitrogen and oxygen atoms in total. The van der Waals surface area contributed by atoms with E-state index in [-0.39, 0.29) is 23.4 Å². The van der Waals surface area contributed by atoms with E-state index >= 15 is 0 Å². The molecule has 3 aromatic rings. The number of carbonyl (C=O) groups is 2. The van der Waals surface area contributed by atoms with Crippen molar-refractivity contribution in [2.45, 2.75) is 19.0 Å². The molecule has 150 valence electrons. The summed E-state index contributed by atoms with van der Waals surface area (Å²) < 4.78 is 0. The topological polar surface area (TPSA) is 90.2 Å². The van der Waals surface area contributed by atoms with Gasteiger partial charge in [-0.3, -0.25) is 19.5 Å². The summed E-state index contributed by atoms with van der Waals surface area (Å²) >= 11 is 0. The van der Waals surface area contributed by atoms with Crippen LogP contribution in [0.25, 0.3) is 10.9 Å². The van der Waals surface area contributed by atoms with E-state index in [0.29, 0.717) is 30.7 Å². The van der Waals surface area contributed by atoms with Crippen molar-refractivity contribution in [3.05, 3.63) is 72.2 Å². The summed E-state index contributed by atoms with van der Waals surface area (Å²) in [5, 5.41) is 10.6. The second-order valence-corrected chi connectivity index (χ2v) is 7.36. The summed E-state index contributed by atoms with van der Waals surface area (Å²) in [7, 11) is 0. The zero-order chi connectivity index (χ0) is 21.1. The van der Waals surface area contributed by atoms with Gasteiger partial charge in [0.15, 0.2) is 6.04 Å². The molecular formula is C23H21N5O2. The average molecular weight is 399 g/mol. The van der Waals surface area contributed by atoms with E-state index in [0.717, 1.165) is 5.39 Å². The summed E-state index contributed by atoms with van der Waals surface area (Å²) in [4.78, 5) is 37.9. The van der Waals surface area contributed by atoms with Gasteiger partial charge in [-0.25, -0.2) is 4.98 Å². The minimum atomic E-state index is -0.944. The fraction of sp³-hybridized carbons (Fsp3) is 0.261. The Bertz CT molecular complexity index is 1130. The Labute approximate surface area is 174 Å². The highest BCUT2D eigenvalue weighted by atomic mass is 16.2. The van der Waals surface area contributed by atoms with Crippen molar-refractivity contribution < 1.29 is 9.59 Å². The Balaban J connectivity index is 1.50. The highest BCUT2D eigenvalue weighted by Crippen LogP contribution is 2.19. The van der Waals surface area contributed by atoms with Crippen molar-refractivity contribution in [3.8, 4) is 6.07 Å². The first-order valence-corrected chi connectivity index (χ1v) is 9.83. The first-order valence-electron chi connectivity index (χ1n) is 9.83. The fourth-order valence-corrected chi connectivity index (χ4v) is 3.83. The number of piperazine rings is 1. The summed E-state index contributed by atoms with van der Waals surface area (Å²) in [6, 6.07) is 15.4. The molecular weight excluding hydrogens is 378 g/mol. The Morgan fingerprint density at radius 2 is 1.93 bits per heavy atom. The van der Waals surface area contributed by atoms with Gasteiger partial charge in [-0.2, -0.15) is 5.26 Å². The molecule has 4 rings (SSSR count). The van der Waals surface area contributed by atoms with E-state index in [9.17, 15) is 14.9 Å². The Hall–Kier alpha value is -3.63. The number of pyridine rings is 2. The Kier molecular flexibility index (Phi) is 5.50. The number of hydrogen-bond acceptors (Lipinski definition) is 6. The number of rotatable bonds is 4. The van der Waals surface area contributed by atoms with Gasteiger partial charge in [0.1, 0.15) is 5.69 Å². The summed E-state index contributed by atoms with van der Waals surface area (Å²) in [6.07, 6.45) is 3.31. The lowest BCUT2D eigenvalue weighted by atomic mass is 10.0. The van der Waals surface area contributed by atoms with Crippen LogP contribution in [0.3, 0.4) is 0 Å². The average Bonchev–Trinajstić information content (AvgIpc) is 2.80. The number of fused-ring (bicyclic) bond motifs is 1. The van der Waals surface area contributed by atoms with Gasteiger partial charge in [-0.15, -0.1) is 0 Å². The van der Waals surface area contributed by atoms with E-state index in [1.54, 1.807) is 47.6 Å². The molecule has 7 heteroatoms. The van der Waals surface area contributed by atoms with Crippen LogP contribution in [-0.2, 0) is 0 Å². The molecule has 0 bridgehead atoms. The molecule has 1 aromatic carbocycles. The molecule has 1 saturated heterocycles. The predicted octanol–water partition coefficient (Wildman–Crippen LogP) is 2.55. The van der Waals surface area contributed by atoms with Crippen LogP contribution in [-0.4, -0.2) is 63.2 Å². The van der Waals surface area contributed by atoms with Crippen LogP contribution < -0.4 is 0 Å². The normalized spacial score (nSPS) is 18.0. The molecule has 1 aliphatic heterocycles. The molecule has 1 fully saturated rings. The highest BCUT2D eigenvalue weighted by Gasteiger charge is 2.36. The first-order chi connectivity index (χ1) is 14.6. The third-order valence-electron chi connectivity index (χ3n) is 5.43. The molecule has 3 heterocycles. The summed E-state index contributed by atoms with van der Waals surface area (Å²) in [5.41, 5.74) is 1.56. The van der Waals surface area contributed by atoms with Crippen LogP contribution in [0.1, 0.15) is 27.8 Å². The van der Waals surface area contributed by atoms with E-state index in [4.69, 9.17) is 0 Å². The van der Waals surface area contributed by atoms with Crippen LogP contribution in [0.15, 0.2) is 60.9 Å². The van der Waals surface area contributed by atoms with Gasteiger partial charge < -0.3 is 4.90 Å². The van der Waals surface area contributed by atoms with Crippen LogP contribution in [0.5, 0.6) is 0 Å². The molecule has 0 spiro atoms. The van der Waals surface area contributed by atoms with E-state index in [2.05, 4.69) is 16.0 Å². The number of Topliss-reactive ketones (excluding diaryl/α,β-unsaturated/α-hetero) is 1. The molecule has 1 unspecified atom stereocenters.